The number of methoxy groups -OCH3 is 1. The summed E-state index contributed by atoms with van der Waals surface area (Å²) in [5, 5.41) is 0. The molecule has 1 aromatic rings. The standard InChI is InChI=1S/C8H5Br2F2NO2/c1-15-8(14)3-2-4(9)13-6(5(3)10)7(11)12/h2,7H,1H3. The van der Waals surface area contributed by atoms with E-state index >= 15 is 0 Å². The fraction of sp³-hybridized carbons (Fsp3) is 0.250. The third-order valence-corrected chi connectivity index (χ3v) is 2.80. The van der Waals surface area contributed by atoms with Gasteiger partial charge in [0.1, 0.15) is 10.3 Å². The van der Waals surface area contributed by atoms with E-state index in [1.54, 1.807) is 0 Å². The number of hydrogen-bond donors (Lipinski definition) is 0. The highest BCUT2D eigenvalue weighted by Gasteiger charge is 2.21. The van der Waals surface area contributed by atoms with E-state index in [0.717, 1.165) is 0 Å². The van der Waals surface area contributed by atoms with E-state index in [4.69, 9.17) is 0 Å². The lowest BCUT2D eigenvalue weighted by Gasteiger charge is -2.07. The molecule has 0 saturated heterocycles. The van der Waals surface area contributed by atoms with Crippen molar-refractivity contribution >= 4 is 37.8 Å². The number of alkyl halides is 2. The average molecular weight is 345 g/mol. The lowest BCUT2D eigenvalue weighted by Crippen LogP contribution is -2.06. The number of carbonyl (C=O) groups excluding carboxylic acids is 1. The number of rotatable bonds is 2. The van der Waals surface area contributed by atoms with Crippen LogP contribution >= 0.6 is 31.9 Å². The molecule has 7 heteroatoms. The molecular formula is C8H5Br2F2NO2. The zero-order valence-corrected chi connectivity index (χ0v) is 10.6. The first kappa shape index (κ1) is 12.5. The molecule has 15 heavy (non-hydrogen) atoms. The van der Waals surface area contributed by atoms with Gasteiger partial charge in [0.25, 0.3) is 6.43 Å². The fourth-order valence-electron chi connectivity index (χ4n) is 0.920. The van der Waals surface area contributed by atoms with Crippen molar-refractivity contribution in [3.05, 3.63) is 26.4 Å². The first-order valence-electron chi connectivity index (χ1n) is 3.69. The van der Waals surface area contributed by atoms with Gasteiger partial charge in [0.2, 0.25) is 0 Å². The second-order valence-electron chi connectivity index (χ2n) is 2.48. The molecule has 0 spiro atoms. The Morgan fingerprint density at radius 1 is 1.53 bits per heavy atom. The molecule has 0 fully saturated rings. The van der Waals surface area contributed by atoms with Crippen LogP contribution in [0.4, 0.5) is 8.78 Å². The summed E-state index contributed by atoms with van der Waals surface area (Å²) in [5.41, 5.74) is -0.487. The summed E-state index contributed by atoms with van der Waals surface area (Å²) in [6.45, 7) is 0. The third-order valence-electron chi connectivity index (χ3n) is 1.56. The summed E-state index contributed by atoms with van der Waals surface area (Å²) in [6, 6.07) is 1.31. The molecule has 0 amide bonds. The Morgan fingerprint density at radius 2 is 2.13 bits per heavy atom. The smallest absolute Gasteiger partial charge is 0.339 e. The summed E-state index contributed by atoms with van der Waals surface area (Å²) < 4.78 is 29.5. The average Bonchev–Trinajstić information content (AvgIpc) is 2.19. The van der Waals surface area contributed by atoms with E-state index in [1.807, 2.05) is 0 Å². The Morgan fingerprint density at radius 3 is 2.60 bits per heavy atom. The maximum absolute atomic E-state index is 12.5. The van der Waals surface area contributed by atoms with Gasteiger partial charge < -0.3 is 4.74 Å². The van der Waals surface area contributed by atoms with Crippen LogP contribution in [0.15, 0.2) is 15.1 Å². The molecular weight excluding hydrogens is 340 g/mol. The lowest BCUT2D eigenvalue weighted by molar-refractivity contribution is 0.0598. The Hall–Kier alpha value is -0.560. The molecule has 0 radical (unpaired) electrons. The van der Waals surface area contributed by atoms with Gasteiger partial charge in [-0.2, -0.15) is 0 Å². The molecule has 0 atom stereocenters. The predicted molar refractivity (Wildman–Crippen MR) is 55.9 cm³/mol. The van der Waals surface area contributed by atoms with Crippen LogP contribution in [0.3, 0.4) is 0 Å². The number of esters is 1. The monoisotopic (exact) mass is 343 g/mol. The molecule has 0 saturated carbocycles. The van der Waals surface area contributed by atoms with Crippen molar-refractivity contribution in [2.75, 3.05) is 7.11 Å². The van der Waals surface area contributed by atoms with Crippen molar-refractivity contribution < 1.29 is 18.3 Å². The van der Waals surface area contributed by atoms with Crippen LogP contribution in [0.2, 0.25) is 0 Å². The summed E-state index contributed by atoms with van der Waals surface area (Å²) in [6.07, 6.45) is -2.76. The first-order valence-corrected chi connectivity index (χ1v) is 5.28. The number of hydrogen-bond acceptors (Lipinski definition) is 3. The second-order valence-corrected chi connectivity index (χ2v) is 4.09. The topological polar surface area (TPSA) is 39.2 Å². The van der Waals surface area contributed by atoms with Crippen LogP contribution in [-0.4, -0.2) is 18.1 Å². The SMILES string of the molecule is COC(=O)c1cc(Br)nc(C(F)F)c1Br. The Bertz CT molecular complexity index is 398. The summed E-state index contributed by atoms with van der Waals surface area (Å²) >= 11 is 5.83. The first-order chi connectivity index (χ1) is 6.97. The summed E-state index contributed by atoms with van der Waals surface area (Å²) in [5.74, 6) is -0.702. The molecule has 1 rings (SSSR count). The molecule has 0 aliphatic carbocycles. The van der Waals surface area contributed by atoms with E-state index in [-0.39, 0.29) is 14.6 Å². The van der Waals surface area contributed by atoms with E-state index in [9.17, 15) is 13.6 Å². The largest absolute Gasteiger partial charge is 0.465 e. The normalized spacial score (nSPS) is 10.5. The van der Waals surface area contributed by atoms with Crippen molar-refractivity contribution in [3.8, 4) is 0 Å². The van der Waals surface area contributed by atoms with E-state index in [1.165, 1.54) is 13.2 Å². The zero-order valence-electron chi connectivity index (χ0n) is 7.43. The van der Waals surface area contributed by atoms with Crippen molar-refractivity contribution in [2.24, 2.45) is 0 Å². The number of pyridine rings is 1. The van der Waals surface area contributed by atoms with E-state index < -0.39 is 18.1 Å². The van der Waals surface area contributed by atoms with E-state index in [0.29, 0.717) is 0 Å². The highest BCUT2D eigenvalue weighted by atomic mass is 79.9. The van der Waals surface area contributed by atoms with Gasteiger partial charge in [-0.15, -0.1) is 0 Å². The number of nitrogens with zero attached hydrogens (tertiary/aromatic N) is 1. The van der Waals surface area contributed by atoms with Crippen LogP contribution in [-0.2, 0) is 4.74 Å². The number of halogens is 4. The molecule has 82 valence electrons. The lowest BCUT2D eigenvalue weighted by atomic mass is 10.2. The van der Waals surface area contributed by atoms with Crippen molar-refractivity contribution in [3.63, 3.8) is 0 Å². The number of ether oxygens (including phenoxy) is 1. The van der Waals surface area contributed by atoms with Crippen LogP contribution in [0.5, 0.6) is 0 Å². The van der Waals surface area contributed by atoms with Gasteiger partial charge in [0, 0.05) is 0 Å². The molecule has 0 N–H and O–H groups in total. The Balaban J connectivity index is 3.34. The molecule has 3 nitrogen and oxygen atoms in total. The minimum atomic E-state index is -2.76. The Labute approximate surface area is 101 Å². The molecule has 0 unspecified atom stereocenters. The second kappa shape index (κ2) is 4.98. The third kappa shape index (κ3) is 2.72. The molecule has 0 aromatic carbocycles. The van der Waals surface area contributed by atoms with Crippen molar-refractivity contribution in [1.29, 1.82) is 0 Å². The van der Waals surface area contributed by atoms with Gasteiger partial charge in [0.15, 0.2) is 0 Å². The maximum atomic E-state index is 12.5. The van der Waals surface area contributed by atoms with Crippen LogP contribution < -0.4 is 0 Å². The maximum Gasteiger partial charge on any atom is 0.339 e. The summed E-state index contributed by atoms with van der Waals surface area (Å²) in [4.78, 5) is 14.8. The summed E-state index contributed by atoms with van der Waals surface area (Å²) in [7, 11) is 1.17. The zero-order chi connectivity index (χ0) is 11.6. The van der Waals surface area contributed by atoms with Crippen LogP contribution in [0.25, 0.3) is 0 Å². The van der Waals surface area contributed by atoms with E-state index in [2.05, 4.69) is 41.6 Å². The predicted octanol–water partition coefficient (Wildman–Crippen LogP) is 3.33. The molecule has 0 bridgehead atoms. The quantitative estimate of drug-likeness (QED) is 0.610. The van der Waals surface area contributed by atoms with Gasteiger partial charge in [-0.1, -0.05) is 0 Å². The highest BCUT2D eigenvalue weighted by molar-refractivity contribution is 9.11. The van der Waals surface area contributed by atoms with Gasteiger partial charge in [-0.3, -0.25) is 0 Å². The number of carbonyl (C=O) groups is 1. The van der Waals surface area contributed by atoms with Crippen molar-refractivity contribution in [2.45, 2.75) is 6.43 Å². The molecule has 0 aliphatic rings. The fourth-order valence-corrected chi connectivity index (χ4v) is 1.88. The highest BCUT2D eigenvalue weighted by Crippen LogP contribution is 2.30. The van der Waals surface area contributed by atoms with Crippen LogP contribution in [0, 0.1) is 0 Å². The Kier molecular flexibility index (Phi) is 4.15. The minimum absolute atomic E-state index is 0.00896. The van der Waals surface area contributed by atoms with Gasteiger partial charge in [0.05, 0.1) is 17.1 Å². The molecule has 0 aliphatic heterocycles. The van der Waals surface area contributed by atoms with Gasteiger partial charge in [-0.05, 0) is 37.9 Å². The van der Waals surface area contributed by atoms with Crippen molar-refractivity contribution in [1.82, 2.24) is 4.98 Å². The number of aromatic nitrogens is 1. The molecule has 1 heterocycles. The molecule has 1 aromatic heterocycles. The van der Waals surface area contributed by atoms with Crippen LogP contribution in [0.1, 0.15) is 22.5 Å². The van der Waals surface area contributed by atoms with Gasteiger partial charge >= 0.3 is 5.97 Å². The van der Waals surface area contributed by atoms with Gasteiger partial charge in [-0.25, -0.2) is 18.6 Å². The minimum Gasteiger partial charge on any atom is -0.465 e.